The number of hydrogen-bond donors (Lipinski definition) is 2. The highest BCUT2D eigenvalue weighted by molar-refractivity contribution is 6.30. The Bertz CT molecular complexity index is 735. The summed E-state index contributed by atoms with van der Waals surface area (Å²) >= 11 is 5.82. The Labute approximate surface area is 152 Å². The van der Waals surface area contributed by atoms with Gasteiger partial charge in [-0.05, 0) is 62.7 Å². The fourth-order valence-electron chi connectivity index (χ4n) is 2.00. The van der Waals surface area contributed by atoms with E-state index in [1.165, 1.54) is 0 Å². The van der Waals surface area contributed by atoms with Gasteiger partial charge in [0, 0.05) is 22.8 Å². The highest BCUT2D eigenvalue weighted by Gasteiger charge is 2.15. The third-order valence-corrected chi connectivity index (χ3v) is 3.41. The highest BCUT2D eigenvalue weighted by atomic mass is 35.5. The van der Waals surface area contributed by atoms with Gasteiger partial charge < -0.3 is 15.4 Å². The van der Waals surface area contributed by atoms with Crippen LogP contribution in [0.15, 0.2) is 48.5 Å². The molecule has 0 aromatic heterocycles. The summed E-state index contributed by atoms with van der Waals surface area (Å²) in [6, 6.07) is 13.9. The molecule has 0 aliphatic heterocycles. The first kappa shape index (κ1) is 18.8. The molecule has 132 valence electrons. The van der Waals surface area contributed by atoms with Crippen LogP contribution in [0.5, 0.6) is 0 Å². The number of anilines is 1. The maximum Gasteiger partial charge on any atom is 0.407 e. The summed E-state index contributed by atoms with van der Waals surface area (Å²) in [7, 11) is 0. The van der Waals surface area contributed by atoms with Crippen molar-refractivity contribution >= 4 is 29.3 Å². The van der Waals surface area contributed by atoms with E-state index in [4.69, 9.17) is 16.3 Å². The Kier molecular flexibility index (Phi) is 6.04. The number of benzene rings is 2. The van der Waals surface area contributed by atoms with E-state index in [0.29, 0.717) is 22.8 Å². The third-order valence-electron chi connectivity index (χ3n) is 3.15. The van der Waals surface area contributed by atoms with E-state index in [0.717, 1.165) is 5.56 Å². The van der Waals surface area contributed by atoms with Crippen molar-refractivity contribution in [1.29, 1.82) is 0 Å². The predicted molar refractivity (Wildman–Crippen MR) is 98.9 cm³/mol. The van der Waals surface area contributed by atoms with Crippen molar-refractivity contribution in [1.82, 2.24) is 5.32 Å². The Morgan fingerprint density at radius 2 is 1.60 bits per heavy atom. The molecule has 0 saturated carbocycles. The lowest BCUT2D eigenvalue weighted by Crippen LogP contribution is -2.32. The highest BCUT2D eigenvalue weighted by Crippen LogP contribution is 2.15. The van der Waals surface area contributed by atoms with Gasteiger partial charge in [-0.3, -0.25) is 4.79 Å². The fourth-order valence-corrected chi connectivity index (χ4v) is 2.12. The van der Waals surface area contributed by atoms with E-state index in [2.05, 4.69) is 10.6 Å². The second kappa shape index (κ2) is 8.03. The molecule has 2 amide bonds. The lowest BCUT2D eigenvalue weighted by Gasteiger charge is -2.19. The minimum absolute atomic E-state index is 0.214. The molecule has 0 radical (unpaired) electrons. The molecule has 5 nitrogen and oxygen atoms in total. The number of carbonyl (C=O) groups is 2. The molecule has 2 N–H and O–H groups in total. The zero-order valence-electron chi connectivity index (χ0n) is 14.4. The van der Waals surface area contributed by atoms with Gasteiger partial charge in [-0.25, -0.2) is 4.79 Å². The Balaban J connectivity index is 1.89. The summed E-state index contributed by atoms with van der Waals surface area (Å²) in [5, 5.41) is 6.08. The van der Waals surface area contributed by atoms with Crippen molar-refractivity contribution in [2.75, 3.05) is 5.32 Å². The molecule has 0 heterocycles. The summed E-state index contributed by atoms with van der Waals surface area (Å²) in [6.07, 6.45) is -0.475. The van der Waals surface area contributed by atoms with Gasteiger partial charge in [0.1, 0.15) is 5.60 Å². The Hall–Kier alpha value is -2.53. The van der Waals surface area contributed by atoms with Gasteiger partial charge in [0.25, 0.3) is 5.91 Å². The monoisotopic (exact) mass is 360 g/mol. The number of ether oxygens (including phenoxy) is 1. The number of nitrogens with one attached hydrogen (secondary N) is 2. The van der Waals surface area contributed by atoms with Crippen LogP contribution < -0.4 is 10.6 Å². The van der Waals surface area contributed by atoms with Crippen LogP contribution in [-0.4, -0.2) is 17.6 Å². The molecule has 0 atom stereocenters. The quantitative estimate of drug-likeness (QED) is 0.836. The zero-order valence-corrected chi connectivity index (χ0v) is 15.2. The topological polar surface area (TPSA) is 67.4 Å². The first-order valence-electron chi connectivity index (χ1n) is 7.86. The summed E-state index contributed by atoms with van der Waals surface area (Å²) in [5.41, 5.74) is 1.53. The van der Waals surface area contributed by atoms with Gasteiger partial charge in [0.05, 0.1) is 0 Å². The minimum atomic E-state index is -0.534. The zero-order chi connectivity index (χ0) is 18.4. The molecule has 0 fully saturated rings. The second-order valence-corrected chi connectivity index (χ2v) is 6.95. The maximum atomic E-state index is 12.2. The molecule has 0 saturated heterocycles. The molecule has 25 heavy (non-hydrogen) atoms. The molecule has 0 aliphatic carbocycles. The molecule has 2 aromatic carbocycles. The van der Waals surface area contributed by atoms with Crippen molar-refractivity contribution in [3.8, 4) is 0 Å². The van der Waals surface area contributed by atoms with E-state index in [1.807, 2.05) is 0 Å². The van der Waals surface area contributed by atoms with Gasteiger partial charge in [-0.2, -0.15) is 0 Å². The van der Waals surface area contributed by atoms with Crippen LogP contribution in [0.3, 0.4) is 0 Å². The second-order valence-electron chi connectivity index (χ2n) is 6.51. The lowest BCUT2D eigenvalue weighted by atomic mass is 10.1. The van der Waals surface area contributed by atoms with E-state index in [1.54, 1.807) is 69.3 Å². The summed E-state index contributed by atoms with van der Waals surface area (Å²) in [5.74, 6) is -0.214. The van der Waals surface area contributed by atoms with E-state index >= 15 is 0 Å². The molecule has 0 unspecified atom stereocenters. The maximum absolute atomic E-state index is 12.2. The average Bonchev–Trinajstić information content (AvgIpc) is 2.54. The molecule has 0 aliphatic rings. The van der Waals surface area contributed by atoms with Crippen molar-refractivity contribution < 1.29 is 14.3 Å². The minimum Gasteiger partial charge on any atom is -0.444 e. The van der Waals surface area contributed by atoms with Crippen LogP contribution in [0, 0.1) is 0 Å². The van der Waals surface area contributed by atoms with Crippen molar-refractivity contribution in [3.05, 3.63) is 64.7 Å². The number of halogens is 1. The van der Waals surface area contributed by atoms with Gasteiger partial charge in [0.2, 0.25) is 0 Å². The lowest BCUT2D eigenvalue weighted by molar-refractivity contribution is 0.0523. The van der Waals surface area contributed by atoms with Gasteiger partial charge in [-0.1, -0.05) is 23.7 Å². The average molecular weight is 361 g/mol. The van der Waals surface area contributed by atoms with Crippen molar-refractivity contribution in [3.63, 3.8) is 0 Å². The van der Waals surface area contributed by atoms with Gasteiger partial charge >= 0.3 is 6.09 Å². The fraction of sp³-hybridized carbons (Fsp3) is 0.263. The number of rotatable bonds is 4. The first-order chi connectivity index (χ1) is 11.7. The smallest absolute Gasteiger partial charge is 0.407 e. The molecular weight excluding hydrogens is 340 g/mol. The largest absolute Gasteiger partial charge is 0.444 e. The first-order valence-corrected chi connectivity index (χ1v) is 8.23. The van der Waals surface area contributed by atoms with Crippen LogP contribution in [0.25, 0.3) is 0 Å². The van der Waals surface area contributed by atoms with Crippen LogP contribution >= 0.6 is 11.6 Å². The van der Waals surface area contributed by atoms with E-state index in [9.17, 15) is 9.59 Å². The Morgan fingerprint density at radius 3 is 2.16 bits per heavy atom. The molecule has 2 rings (SSSR count). The molecule has 0 spiro atoms. The van der Waals surface area contributed by atoms with Gasteiger partial charge in [0.15, 0.2) is 0 Å². The third kappa shape index (κ3) is 6.47. The molecular formula is C19H21ClN2O3. The molecule has 6 heteroatoms. The molecule has 0 bridgehead atoms. The summed E-state index contributed by atoms with van der Waals surface area (Å²) < 4.78 is 5.17. The van der Waals surface area contributed by atoms with Gasteiger partial charge in [-0.15, -0.1) is 0 Å². The summed E-state index contributed by atoms with van der Waals surface area (Å²) in [4.78, 5) is 23.8. The normalized spacial score (nSPS) is 10.9. The predicted octanol–water partition coefficient (Wildman–Crippen LogP) is 4.62. The van der Waals surface area contributed by atoms with Crippen molar-refractivity contribution in [2.45, 2.75) is 32.9 Å². The van der Waals surface area contributed by atoms with Crippen LogP contribution in [-0.2, 0) is 11.3 Å². The van der Waals surface area contributed by atoms with Crippen LogP contribution in [0.1, 0.15) is 36.7 Å². The van der Waals surface area contributed by atoms with E-state index < -0.39 is 11.7 Å². The van der Waals surface area contributed by atoms with E-state index in [-0.39, 0.29) is 5.91 Å². The SMILES string of the molecule is CC(C)(C)OC(=O)NCc1ccc(C(=O)Nc2ccc(Cl)cc2)cc1. The number of alkyl carbamates (subject to hydrolysis) is 1. The Morgan fingerprint density at radius 1 is 1.00 bits per heavy atom. The number of carbonyl (C=O) groups excluding carboxylic acids is 2. The van der Waals surface area contributed by atoms with Crippen LogP contribution in [0.4, 0.5) is 10.5 Å². The van der Waals surface area contributed by atoms with Crippen LogP contribution in [0.2, 0.25) is 5.02 Å². The number of hydrogen-bond acceptors (Lipinski definition) is 3. The number of amides is 2. The molecule has 2 aromatic rings. The summed E-state index contributed by atoms with van der Waals surface area (Å²) in [6.45, 7) is 5.75. The van der Waals surface area contributed by atoms with Crippen molar-refractivity contribution in [2.24, 2.45) is 0 Å². The standard InChI is InChI=1S/C19H21ClN2O3/c1-19(2,3)25-18(24)21-12-13-4-6-14(7-5-13)17(23)22-16-10-8-15(20)9-11-16/h4-11H,12H2,1-3H3,(H,21,24)(H,22,23).